The van der Waals surface area contributed by atoms with Gasteiger partial charge in [-0.15, -0.1) is 10.2 Å². The molecule has 2 heterocycles. The standard InChI is InChI=1S/C14H13BrN4O2/c15-14-18-17-12-6-16-7-13(19(12)14)21-9-11(8-20)10-4-2-1-3-5-10/h1-7,11,20H,8-9H2. The third-order valence-electron chi connectivity index (χ3n) is 3.17. The third-order valence-corrected chi connectivity index (χ3v) is 3.68. The highest BCUT2D eigenvalue weighted by atomic mass is 79.9. The first-order chi connectivity index (χ1) is 10.3. The summed E-state index contributed by atoms with van der Waals surface area (Å²) in [6.45, 7) is 0.350. The van der Waals surface area contributed by atoms with E-state index in [1.54, 1.807) is 16.8 Å². The Morgan fingerprint density at radius 2 is 2.00 bits per heavy atom. The molecule has 0 radical (unpaired) electrons. The summed E-state index contributed by atoms with van der Waals surface area (Å²) in [4.78, 5) is 4.07. The number of halogens is 1. The molecule has 0 saturated heterocycles. The number of fused-ring (bicyclic) bond motifs is 1. The number of aliphatic hydroxyl groups is 1. The number of nitrogens with zero attached hydrogens (tertiary/aromatic N) is 4. The van der Waals surface area contributed by atoms with Crippen LogP contribution in [0.3, 0.4) is 0 Å². The van der Waals surface area contributed by atoms with Gasteiger partial charge in [0.15, 0.2) is 5.65 Å². The summed E-state index contributed by atoms with van der Waals surface area (Å²) in [6.07, 6.45) is 3.20. The van der Waals surface area contributed by atoms with Gasteiger partial charge in [-0.25, -0.2) is 4.40 Å². The average Bonchev–Trinajstić information content (AvgIpc) is 2.91. The normalized spacial score (nSPS) is 12.5. The molecule has 0 spiro atoms. The number of hydrogen-bond acceptors (Lipinski definition) is 5. The van der Waals surface area contributed by atoms with Gasteiger partial charge >= 0.3 is 0 Å². The highest BCUT2D eigenvalue weighted by Gasteiger charge is 2.14. The second kappa shape index (κ2) is 6.19. The second-order valence-corrected chi connectivity index (χ2v) is 5.22. The maximum atomic E-state index is 9.55. The Balaban J connectivity index is 1.81. The lowest BCUT2D eigenvalue weighted by Gasteiger charge is -2.16. The monoisotopic (exact) mass is 348 g/mol. The first kappa shape index (κ1) is 14.0. The summed E-state index contributed by atoms with van der Waals surface area (Å²) in [5.74, 6) is 0.426. The van der Waals surface area contributed by atoms with E-state index in [1.807, 2.05) is 30.3 Å². The van der Waals surface area contributed by atoms with Crippen molar-refractivity contribution in [3.8, 4) is 5.88 Å². The van der Waals surface area contributed by atoms with E-state index in [0.29, 0.717) is 22.9 Å². The molecule has 0 bridgehead atoms. The lowest BCUT2D eigenvalue weighted by atomic mass is 10.0. The van der Waals surface area contributed by atoms with Crippen LogP contribution in [0.4, 0.5) is 0 Å². The van der Waals surface area contributed by atoms with Crippen LogP contribution in [0.2, 0.25) is 0 Å². The zero-order valence-electron chi connectivity index (χ0n) is 11.1. The highest BCUT2D eigenvalue weighted by molar-refractivity contribution is 9.10. The van der Waals surface area contributed by atoms with Crippen molar-refractivity contribution in [2.75, 3.05) is 13.2 Å². The van der Waals surface area contributed by atoms with Gasteiger partial charge in [0.2, 0.25) is 10.6 Å². The molecule has 0 aliphatic heterocycles. The SMILES string of the molecule is OCC(COc1cncc2nnc(Br)n12)c1ccccc1. The molecular formula is C14H13BrN4O2. The molecule has 108 valence electrons. The zero-order valence-corrected chi connectivity index (χ0v) is 12.6. The van der Waals surface area contributed by atoms with Crippen LogP contribution < -0.4 is 4.74 Å². The largest absolute Gasteiger partial charge is 0.477 e. The molecule has 1 N–H and O–H groups in total. The molecule has 1 unspecified atom stereocenters. The highest BCUT2D eigenvalue weighted by Crippen LogP contribution is 2.20. The second-order valence-electron chi connectivity index (χ2n) is 4.51. The Bertz CT molecular complexity index is 732. The summed E-state index contributed by atoms with van der Waals surface area (Å²) in [7, 11) is 0. The predicted molar refractivity (Wildman–Crippen MR) is 80.2 cm³/mol. The van der Waals surface area contributed by atoms with Gasteiger partial charge in [0.25, 0.3) is 0 Å². The minimum absolute atomic E-state index is 0.0107. The van der Waals surface area contributed by atoms with Gasteiger partial charge in [0.1, 0.15) is 0 Å². The van der Waals surface area contributed by atoms with Crippen molar-refractivity contribution in [1.29, 1.82) is 0 Å². The van der Waals surface area contributed by atoms with Crippen LogP contribution in [-0.4, -0.2) is 37.9 Å². The number of rotatable bonds is 5. The van der Waals surface area contributed by atoms with Crippen molar-refractivity contribution < 1.29 is 9.84 Å². The predicted octanol–water partition coefficient (Wildman–Crippen LogP) is 2.04. The van der Waals surface area contributed by atoms with Crippen LogP contribution in [0.1, 0.15) is 11.5 Å². The number of aliphatic hydroxyl groups excluding tert-OH is 1. The molecular weight excluding hydrogens is 336 g/mol. The Morgan fingerprint density at radius 1 is 1.19 bits per heavy atom. The van der Waals surface area contributed by atoms with E-state index in [-0.39, 0.29) is 12.5 Å². The van der Waals surface area contributed by atoms with Crippen LogP contribution in [0.15, 0.2) is 47.5 Å². The molecule has 1 aromatic carbocycles. The molecule has 1 atom stereocenters. The van der Waals surface area contributed by atoms with Gasteiger partial charge in [-0.3, -0.25) is 4.98 Å². The molecule has 0 amide bonds. The van der Waals surface area contributed by atoms with Gasteiger partial charge in [-0.1, -0.05) is 30.3 Å². The average molecular weight is 349 g/mol. The topological polar surface area (TPSA) is 72.5 Å². The Kier molecular flexibility index (Phi) is 4.12. The van der Waals surface area contributed by atoms with Gasteiger partial charge in [-0.2, -0.15) is 0 Å². The van der Waals surface area contributed by atoms with Crippen LogP contribution in [0.25, 0.3) is 5.65 Å². The van der Waals surface area contributed by atoms with Crippen molar-refractivity contribution in [2.45, 2.75) is 5.92 Å². The van der Waals surface area contributed by atoms with Crippen molar-refractivity contribution in [1.82, 2.24) is 19.6 Å². The fourth-order valence-electron chi connectivity index (χ4n) is 2.06. The molecule has 7 heteroatoms. The minimum atomic E-state index is -0.100. The van der Waals surface area contributed by atoms with Crippen LogP contribution in [0, 0.1) is 0 Å². The maximum Gasteiger partial charge on any atom is 0.220 e. The van der Waals surface area contributed by atoms with E-state index in [9.17, 15) is 5.11 Å². The van der Waals surface area contributed by atoms with Gasteiger partial charge < -0.3 is 9.84 Å². The molecule has 2 aromatic heterocycles. The number of hydrogen-bond donors (Lipinski definition) is 1. The Labute approximate surface area is 129 Å². The van der Waals surface area contributed by atoms with Gasteiger partial charge in [0.05, 0.1) is 25.6 Å². The lowest BCUT2D eigenvalue weighted by molar-refractivity contribution is 0.199. The number of benzene rings is 1. The van der Waals surface area contributed by atoms with E-state index in [1.165, 1.54) is 0 Å². The first-order valence-corrected chi connectivity index (χ1v) is 7.22. The fourth-order valence-corrected chi connectivity index (χ4v) is 2.49. The quantitative estimate of drug-likeness (QED) is 0.763. The Hall–Kier alpha value is -1.99. The molecule has 0 fully saturated rings. The summed E-state index contributed by atoms with van der Waals surface area (Å²) in [6, 6.07) is 9.76. The summed E-state index contributed by atoms with van der Waals surface area (Å²) >= 11 is 3.32. The molecule has 21 heavy (non-hydrogen) atoms. The molecule has 3 rings (SSSR count). The molecule has 0 aliphatic carbocycles. The van der Waals surface area contributed by atoms with Crippen LogP contribution >= 0.6 is 15.9 Å². The van der Waals surface area contributed by atoms with Crippen molar-refractivity contribution in [3.63, 3.8) is 0 Å². The van der Waals surface area contributed by atoms with E-state index in [4.69, 9.17) is 4.74 Å². The van der Waals surface area contributed by atoms with E-state index in [2.05, 4.69) is 31.1 Å². The molecule has 3 aromatic rings. The first-order valence-electron chi connectivity index (χ1n) is 6.43. The summed E-state index contributed by atoms with van der Waals surface area (Å²) in [5, 5.41) is 17.4. The molecule has 6 nitrogen and oxygen atoms in total. The minimum Gasteiger partial charge on any atom is -0.477 e. The van der Waals surface area contributed by atoms with Crippen molar-refractivity contribution in [3.05, 3.63) is 53.0 Å². The lowest BCUT2D eigenvalue weighted by Crippen LogP contribution is -2.15. The van der Waals surface area contributed by atoms with Crippen LogP contribution in [0.5, 0.6) is 5.88 Å². The molecule has 0 aliphatic rings. The van der Waals surface area contributed by atoms with Crippen molar-refractivity contribution in [2.24, 2.45) is 0 Å². The summed E-state index contributed by atoms with van der Waals surface area (Å²) < 4.78 is 8.06. The Morgan fingerprint density at radius 3 is 2.76 bits per heavy atom. The van der Waals surface area contributed by atoms with Crippen LogP contribution in [-0.2, 0) is 0 Å². The maximum absolute atomic E-state index is 9.55. The van der Waals surface area contributed by atoms with E-state index < -0.39 is 0 Å². The van der Waals surface area contributed by atoms with Crippen molar-refractivity contribution >= 4 is 21.6 Å². The number of aromatic nitrogens is 4. The third kappa shape index (κ3) is 2.88. The summed E-state index contributed by atoms with van der Waals surface area (Å²) in [5.41, 5.74) is 1.63. The van der Waals surface area contributed by atoms with Gasteiger partial charge in [0, 0.05) is 5.92 Å². The molecule has 0 saturated carbocycles. The fraction of sp³-hybridized carbons (Fsp3) is 0.214. The number of ether oxygens (including phenoxy) is 1. The smallest absolute Gasteiger partial charge is 0.220 e. The zero-order chi connectivity index (χ0) is 14.7. The van der Waals surface area contributed by atoms with E-state index in [0.717, 1.165) is 5.56 Å². The van der Waals surface area contributed by atoms with Gasteiger partial charge in [-0.05, 0) is 21.5 Å². The van der Waals surface area contributed by atoms with E-state index >= 15 is 0 Å².